The minimum atomic E-state index is -0.104. The highest BCUT2D eigenvalue weighted by molar-refractivity contribution is 6.00. The molecule has 0 fully saturated rings. The number of hydrogen-bond donors (Lipinski definition) is 0. The molecule has 122 valence electrons. The van der Waals surface area contributed by atoms with Crippen molar-refractivity contribution in [3.05, 3.63) is 95.3 Å². The number of rotatable bonds is 6. The Hall–Kier alpha value is -3.45. The molecule has 3 aromatic rings. The van der Waals surface area contributed by atoms with E-state index in [2.05, 4.69) is 11.1 Å². The number of ketones is 1. The molecule has 0 aliphatic heterocycles. The number of benzene rings is 2. The fourth-order valence-electron chi connectivity index (χ4n) is 2.46. The van der Waals surface area contributed by atoms with E-state index in [9.17, 15) is 4.79 Å². The van der Waals surface area contributed by atoms with E-state index in [1.54, 1.807) is 36.7 Å². The van der Waals surface area contributed by atoms with Crippen LogP contribution in [0.1, 0.15) is 27.0 Å². The number of ether oxygens (including phenoxy) is 1. The quantitative estimate of drug-likeness (QED) is 0.643. The SMILES string of the molecule is N#Cc1ccc(OCc2ccccc2)c(C(=O)Cc2cccnc2)c1. The molecule has 0 radical (unpaired) electrons. The first kappa shape index (κ1) is 16.4. The van der Waals surface area contributed by atoms with Gasteiger partial charge in [0.25, 0.3) is 0 Å². The number of aromatic nitrogens is 1. The molecule has 0 aliphatic carbocycles. The van der Waals surface area contributed by atoms with E-state index < -0.39 is 0 Å². The molecule has 3 rings (SSSR count). The largest absolute Gasteiger partial charge is 0.488 e. The van der Waals surface area contributed by atoms with Crippen molar-refractivity contribution in [2.75, 3.05) is 0 Å². The second kappa shape index (κ2) is 7.89. The van der Waals surface area contributed by atoms with E-state index in [0.29, 0.717) is 23.5 Å². The standard InChI is InChI=1S/C21H16N2O2/c22-13-17-8-9-21(25-15-16-5-2-1-3-6-16)19(11-17)20(24)12-18-7-4-10-23-14-18/h1-11,14H,12,15H2. The first-order chi connectivity index (χ1) is 12.3. The number of Topliss-reactive ketones (excluding diaryl/α,β-unsaturated/α-hetero) is 1. The number of nitrogens with zero attached hydrogens (tertiary/aromatic N) is 2. The third-order valence-corrected chi connectivity index (χ3v) is 3.73. The van der Waals surface area contributed by atoms with Crippen molar-refractivity contribution >= 4 is 5.78 Å². The summed E-state index contributed by atoms with van der Waals surface area (Å²) < 4.78 is 5.84. The van der Waals surface area contributed by atoms with E-state index in [-0.39, 0.29) is 12.2 Å². The molecule has 4 nitrogen and oxygen atoms in total. The predicted octanol–water partition coefficient (Wildman–Crippen LogP) is 3.96. The van der Waals surface area contributed by atoms with Crippen LogP contribution in [-0.2, 0) is 13.0 Å². The van der Waals surface area contributed by atoms with Gasteiger partial charge in [-0.15, -0.1) is 0 Å². The Morgan fingerprint density at radius 3 is 2.56 bits per heavy atom. The summed E-state index contributed by atoms with van der Waals surface area (Å²) in [5.41, 5.74) is 2.68. The molecule has 0 N–H and O–H groups in total. The van der Waals surface area contributed by atoms with Crippen LogP contribution in [0.15, 0.2) is 73.1 Å². The van der Waals surface area contributed by atoms with Crippen molar-refractivity contribution in [2.45, 2.75) is 13.0 Å². The van der Waals surface area contributed by atoms with Gasteiger partial charge in [0, 0.05) is 18.8 Å². The molecular weight excluding hydrogens is 312 g/mol. The van der Waals surface area contributed by atoms with Crippen molar-refractivity contribution in [1.29, 1.82) is 5.26 Å². The van der Waals surface area contributed by atoms with Crippen LogP contribution in [0.4, 0.5) is 0 Å². The van der Waals surface area contributed by atoms with Gasteiger partial charge in [-0.2, -0.15) is 5.26 Å². The normalized spacial score (nSPS) is 10.0. The van der Waals surface area contributed by atoms with Gasteiger partial charge in [0.05, 0.1) is 17.2 Å². The van der Waals surface area contributed by atoms with E-state index in [1.807, 2.05) is 36.4 Å². The number of pyridine rings is 1. The van der Waals surface area contributed by atoms with Crippen LogP contribution in [0, 0.1) is 11.3 Å². The summed E-state index contributed by atoms with van der Waals surface area (Å²) >= 11 is 0. The molecule has 0 amide bonds. The second-order valence-corrected chi connectivity index (χ2v) is 5.56. The molecule has 0 spiro atoms. The zero-order valence-electron chi connectivity index (χ0n) is 13.6. The summed E-state index contributed by atoms with van der Waals surface area (Å²) in [6, 6.07) is 20.4. The van der Waals surface area contributed by atoms with Crippen molar-refractivity contribution in [3.8, 4) is 11.8 Å². The molecule has 4 heteroatoms. The van der Waals surface area contributed by atoms with Crippen LogP contribution in [0.3, 0.4) is 0 Å². The van der Waals surface area contributed by atoms with Crippen LogP contribution in [0.25, 0.3) is 0 Å². The van der Waals surface area contributed by atoms with Crippen molar-refractivity contribution in [2.24, 2.45) is 0 Å². The van der Waals surface area contributed by atoms with Crippen molar-refractivity contribution in [3.63, 3.8) is 0 Å². The maximum Gasteiger partial charge on any atom is 0.171 e. The molecule has 2 aromatic carbocycles. The van der Waals surface area contributed by atoms with E-state index in [0.717, 1.165) is 11.1 Å². The van der Waals surface area contributed by atoms with Gasteiger partial charge >= 0.3 is 0 Å². The lowest BCUT2D eigenvalue weighted by molar-refractivity contribution is 0.0988. The van der Waals surface area contributed by atoms with Crippen LogP contribution in [0.2, 0.25) is 0 Å². The van der Waals surface area contributed by atoms with E-state index >= 15 is 0 Å². The second-order valence-electron chi connectivity index (χ2n) is 5.56. The zero-order valence-corrected chi connectivity index (χ0v) is 13.6. The maximum atomic E-state index is 12.7. The first-order valence-electron chi connectivity index (χ1n) is 7.89. The van der Waals surface area contributed by atoms with Crippen LogP contribution in [-0.4, -0.2) is 10.8 Å². The number of carbonyl (C=O) groups excluding carboxylic acids is 1. The highest BCUT2D eigenvalue weighted by Gasteiger charge is 2.15. The van der Waals surface area contributed by atoms with Crippen molar-refractivity contribution < 1.29 is 9.53 Å². The highest BCUT2D eigenvalue weighted by atomic mass is 16.5. The molecule has 0 bridgehead atoms. The Morgan fingerprint density at radius 2 is 1.84 bits per heavy atom. The average Bonchev–Trinajstić information content (AvgIpc) is 2.68. The van der Waals surface area contributed by atoms with Gasteiger partial charge in [0.15, 0.2) is 5.78 Å². The number of nitriles is 1. The zero-order chi connectivity index (χ0) is 17.5. The van der Waals surface area contributed by atoms with Gasteiger partial charge in [-0.1, -0.05) is 36.4 Å². The summed E-state index contributed by atoms with van der Waals surface area (Å²) in [7, 11) is 0. The first-order valence-corrected chi connectivity index (χ1v) is 7.89. The van der Waals surface area contributed by atoms with E-state index in [4.69, 9.17) is 10.00 Å². The lowest BCUT2D eigenvalue weighted by Crippen LogP contribution is -2.08. The number of hydrogen-bond acceptors (Lipinski definition) is 4. The summed E-state index contributed by atoms with van der Waals surface area (Å²) in [4.78, 5) is 16.7. The number of carbonyl (C=O) groups is 1. The van der Waals surface area contributed by atoms with Crippen LogP contribution in [0.5, 0.6) is 5.75 Å². The molecule has 0 saturated heterocycles. The van der Waals surface area contributed by atoms with Gasteiger partial charge in [-0.25, -0.2) is 0 Å². The minimum Gasteiger partial charge on any atom is -0.488 e. The highest BCUT2D eigenvalue weighted by Crippen LogP contribution is 2.23. The van der Waals surface area contributed by atoms with Crippen molar-refractivity contribution in [1.82, 2.24) is 4.98 Å². The maximum absolute atomic E-state index is 12.7. The summed E-state index contributed by atoms with van der Waals surface area (Å²) in [5.74, 6) is 0.380. The Labute approximate surface area is 146 Å². The Bertz CT molecular complexity index is 900. The van der Waals surface area contributed by atoms with Gasteiger partial charge in [0.1, 0.15) is 12.4 Å². The summed E-state index contributed by atoms with van der Waals surface area (Å²) in [6.45, 7) is 0.361. The third-order valence-electron chi connectivity index (χ3n) is 3.73. The molecule has 1 aromatic heterocycles. The van der Waals surface area contributed by atoms with Gasteiger partial charge < -0.3 is 4.74 Å². The molecule has 0 unspecified atom stereocenters. The fraction of sp³-hybridized carbons (Fsp3) is 0.0952. The van der Waals surface area contributed by atoms with Gasteiger partial charge in [0.2, 0.25) is 0 Å². The predicted molar refractivity (Wildman–Crippen MR) is 94.2 cm³/mol. The third kappa shape index (κ3) is 4.30. The lowest BCUT2D eigenvalue weighted by atomic mass is 10.0. The molecule has 1 heterocycles. The fourth-order valence-corrected chi connectivity index (χ4v) is 2.46. The smallest absolute Gasteiger partial charge is 0.171 e. The molecule has 0 atom stereocenters. The summed E-state index contributed by atoms with van der Waals surface area (Å²) in [5, 5.41) is 9.12. The minimum absolute atomic E-state index is 0.104. The Kier molecular flexibility index (Phi) is 5.18. The Morgan fingerprint density at radius 1 is 1.04 bits per heavy atom. The van der Waals surface area contributed by atoms with Crippen LogP contribution >= 0.6 is 0 Å². The topological polar surface area (TPSA) is 63.0 Å². The lowest BCUT2D eigenvalue weighted by Gasteiger charge is -2.11. The van der Waals surface area contributed by atoms with Gasteiger partial charge in [-0.05, 0) is 35.4 Å². The Balaban J connectivity index is 1.83. The molecular formula is C21H16N2O2. The summed E-state index contributed by atoms with van der Waals surface area (Å²) in [6.07, 6.45) is 3.54. The molecule has 0 aliphatic rings. The monoisotopic (exact) mass is 328 g/mol. The molecule has 25 heavy (non-hydrogen) atoms. The van der Waals surface area contributed by atoms with E-state index in [1.165, 1.54) is 0 Å². The van der Waals surface area contributed by atoms with Crippen LogP contribution < -0.4 is 4.74 Å². The van der Waals surface area contributed by atoms with Gasteiger partial charge in [-0.3, -0.25) is 9.78 Å². The average molecular weight is 328 g/mol. The molecule has 0 saturated carbocycles.